The van der Waals surface area contributed by atoms with Crippen molar-refractivity contribution in [3.8, 4) is 0 Å². The standard InChI is InChI=1S/C19H19F2N7O3/c20-19(21)8-23-18(30)28(9-19)7-10-1-4-12-13(5-10)25-14(24-12)6-22-17(29)16-15(11-2-3-11)26-31-27-16/h1,4-5,11H,2-3,6-9H2,(H,22,29)(H,23,30)(H,24,25). The van der Waals surface area contributed by atoms with E-state index in [2.05, 4.69) is 30.9 Å². The van der Waals surface area contributed by atoms with Crippen LogP contribution in [0.1, 0.15) is 46.3 Å². The smallest absolute Gasteiger partial charge is 0.318 e. The molecule has 2 fully saturated rings. The number of rotatable bonds is 6. The van der Waals surface area contributed by atoms with Crippen molar-refractivity contribution in [3.05, 3.63) is 41.0 Å². The van der Waals surface area contributed by atoms with Crippen molar-refractivity contribution >= 4 is 23.0 Å². The molecule has 0 unspecified atom stereocenters. The zero-order chi connectivity index (χ0) is 21.6. The lowest BCUT2D eigenvalue weighted by atomic mass is 10.1. The first-order valence-electron chi connectivity index (χ1n) is 9.87. The van der Waals surface area contributed by atoms with Gasteiger partial charge in [-0.05, 0) is 35.7 Å². The number of halogens is 2. The molecule has 31 heavy (non-hydrogen) atoms. The molecule has 162 valence electrons. The molecular formula is C19H19F2N7O3. The van der Waals surface area contributed by atoms with Crippen LogP contribution < -0.4 is 10.6 Å². The van der Waals surface area contributed by atoms with E-state index in [9.17, 15) is 18.4 Å². The summed E-state index contributed by atoms with van der Waals surface area (Å²) >= 11 is 0. The average Bonchev–Trinajstić information content (AvgIpc) is 3.31. The van der Waals surface area contributed by atoms with Gasteiger partial charge in [0.05, 0.1) is 30.7 Å². The van der Waals surface area contributed by atoms with Gasteiger partial charge in [0.15, 0.2) is 5.69 Å². The molecule has 3 N–H and O–H groups in total. The number of nitrogens with zero attached hydrogens (tertiary/aromatic N) is 4. The van der Waals surface area contributed by atoms with Crippen LogP contribution >= 0.6 is 0 Å². The normalized spacial score (nSPS) is 18.3. The molecule has 1 aliphatic carbocycles. The largest absolute Gasteiger partial charge is 0.343 e. The Bertz CT molecular complexity index is 1150. The topological polar surface area (TPSA) is 129 Å². The second-order valence-corrected chi connectivity index (χ2v) is 7.86. The molecule has 12 heteroatoms. The molecule has 2 aliphatic rings. The fourth-order valence-corrected chi connectivity index (χ4v) is 3.59. The molecular weight excluding hydrogens is 412 g/mol. The Morgan fingerprint density at radius 1 is 1.32 bits per heavy atom. The molecule has 0 radical (unpaired) electrons. The third-order valence-electron chi connectivity index (χ3n) is 5.29. The van der Waals surface area contributed by atoms with Crippen molar-refractivity contribution in [1.29, 1.82) is 0 Å². The highest BCUT2D eigenvalue weighted by Crippen LogP contribution is 2.40. The first-order chi connectivity index (χ1) is 14.9. The highest BCUT2D eigenvalue weighted by Gasteiger charge is 2.38. The summed E-state index contributed by atoms with van der Waals surface area (Å²) in [6.45, 7) is -1.09. The van der Waals surface area contributed by atoms with Crippen LogP contribution in [0.4, 0.5) is 13.6 Å². The maximum atomic E-state index is 13.6. The van der Waals surface area contributed by atoms with Gasteiger partial charge in [0.25, 0.3) is 11.8 Å². The molecule has 3 aromatic rings. The Kier molecular flexibility index (Phi) is 4.56. The van der Waals surface area contributed by atoms with E-state index in [1.54, 1.807) is 18.2 Å². The van der Waals surface area contributed by atoms with E-state index in [4.69, 9.17) is 4.63 Å². The van der Waals surface area contributed by atoms with E-state index in [1.165, 1.54) is 0 Å². The van der Waals surface area contributed by atoms with Gasteiger partial charge in [-0.3, -0.25) is 4.79 Å². The quantitative estimate of drug-likeness (QED) is 0.547. The summed E-state index contributed by atoms with van der Waals surface area (Å²) < 4.78 is 31.9. The Morgan fingerprint density at radius 2 is 2.16 bits per heavy atom. The lowest BCUT2D eigenvalue weighted by molar-refractivity contribution is -0.0367. The van der Waals surface area contributed by atoms with E-state index in [-0.39, 0.29) is 30.6 Å². The van der Waals surface area contributed by atoms with Crippen molar-refractivity contribution in [3.63, 3.8) is 0 Å². The van der Waals surface area contributed by atoms with Crippen molar-refractivity contribution in [1.82, 2.24) is 35.8 Å². The molecule has 1 aromatic carbocycles. The minimum Gasteiger partial charge on any atom is -0.343 e. The van der Waals surface area contributed by atoms with Crippen LogP contribution in [-0.4, -0.2) is 56.1 Å². The van der Waals surface area contributed by atoms with Crippen molar-refractivity contribution in [2.75, 3.05) is 13.1 Å². The SMILES string of the molecule is O=C(NCc1nc2ccc(CN3CC(F)(F)CNC3=O)cc2[nH]1)c1nonc1C1CC1. The van der Waals surface area contributed by atoms with Crippen molar-refractivity contribution in [2.24, 2.45) is 0 Å². The molecule has 10 nitrogen and oxygen atoms in total. The van der Waals surface area contributed by atoms with Crippen LogP contribution in [0.2, 0.25) is 0 Å². The number of alkyl halides is 2. The zero-order valence-electron chi connectivity index (χ0n) is 16.3. The zero-order valence-corrected chi connectivity index (χ0v) is 16.3. The van der Waals surface area contributed by atoms with E-state index in [1.807, 2.05) is 0 Å². The fourth-order valence-electron chi connectivity index (χ4n) is 3.59. The molecule has 2 aromatic heterocycles. The Labute approximate surface area is 174 Å². The van der Waals surface area contributed by atoms with Gasteiger partial charge in [-0.1, -0.05) is 11.2 Å². The van der Waals surface area contributed by atoms with Gasteiger partial charge in [0.1, 0.15) is 11.5 Å². The third-order valence-corrected chi connectivity index (χ3v) is 5.29. The lowest BCUT2D eigenvalue weighted by Gasteiger charge is -2.32. The molecule has 1 saturated carbocycles. The summed E-state index contributed by atoms with van der Waals surface area (Å²) in [5.74, 6) is -2.59. The van der Waals surface area contributed by atoms with Crippen LogP contribution in [0.25, 0.3) is 11.0 Å². The predicted molar refractivity (Wildman–Crippen MR) is 102 cm³/mol. The number of urea groups is 1. The van der Waals surface area contributed by atoms with Gasteiger partial charge in [0, 0.05) is 12.5 Å². The number of H-pyrrole nitrogens is 1. The van der Waals surface area contributed by atoms with E-state index >= 15 is 0 Å². The van der Waals surface area contributed by atoms with Crippen LogP contribution in [0.5, 0.6) is 0 Å². The maximum absolute atomic E-state index is 13.6. The van der Waals surface area contributed by atoms with Gasteiger partial charge in [-0.2, -0.15) is 0 Å². The first-order valence-corrected chi connectivity index (χ1v) is 9.87. The number of aromatic amines is 1. The number of aromatic nitrogens is 4. The van der Waals surface area contributed by atoms with Gasteiger partial charge in [0.2, 0.25) is 0 Å². The molecule has 3 amide bonds. The van der Waals surface area contributed by atoms with Crippen molar-refractivity contribution in [2.45, 2.75) is 37.8 Å². The summed E-state index contributed by atoms with van der Waals surface area (Å²) in [6.07, 6.45) is 1.94. The minimum absolute atomic E-state index is 0.0472. The molecule has 3 heterocycles. The minimum atomic E-state index is -2.96. The number of nitrogens with one attached hydrogen (secondary N) is 3. The second-order valence-electron chi connectivity index (χ2n) is 7.86. The maximum Gasteiger partial charge on any atom is 0.318 e. The molecule has 0 spiro atoms. The van der Waals surface area contributed by atoms with Gasteiger partial charge < -0.3 is 20.5 Å². The number of imidazole rings is 1. The van der Waals surface area contributed by atoms with E-state index < -0.39 is 25.0 Å². The molecule has 1 saturated heterocycles. The highest BCUT2D eigenvalue weighted by atomic mass is 19.3. The van der Waals surface area contributed by atoms with Crippen LogP contribution in [-0.2, 0) is 13.1 Å². The van der Waals surface area contributed by atoms with Gasteiger partial charge >= 0.3 is 6.03 Å². The van der Waals surface area contributed by atoms with E-state index in [0.29, 0.717) is 28.1 Å². The van der Waals surface area contributed by atoms with Crippen molar-refractivity contribution < 1.29 is 23.0 Å². The number of hydrogen-bond acceptors (Lipinski definition) is 6. The summed E-state index contributed by atoms with van der Waals surface area (Å²) in [5.41, 5.74) is 2.79. The first kappa shape index (κ1) is 19.4. The average molecular weight is 431 g/mol. The number of amides is 3. The molecule has 0 atom stereocenters. The summed E-state index contributed by atoms with van der Waals surface area (Å²) in [4.78, 5) is 32.9. The monoisotopic (exact) mass is 431 g/mol. The molecule has 5 rings (SSSR count). The third kappa shape index (κ3) is 4.05. The highest BCUT2D eigenvalue weighted by molar-refractivity contribution is 5.93. The number of carbonyl (C=O) groups excluding carboxylic acids is 2. The lowest BCUT2D eigenvalue weighted by Crippen LogP contribution is -2.56. The molecule has 1 aliphatic heterocycles. The van der Waals surface area contributed by atoms with Crippen LogP contribution in [0, 0.1) is 0 Å². The predicted octanol–water partition coefficient (Wildman–Crippen LogP) is 1.91. The second kappa shape index (κ2) is 7.29. The summed E-state index contributed by atoms with van der Waals surface area (Å²) in [6, 6.07) is 4.70. The Morgan fingerprint density at radius 3 is 2.97 bits per heavy atom. The number of hydrogen-bond donors (Lipinski definition) is 3. The Hall–Kier alpha value is -3.57. The van der Waals surface area contributed by atoms with Gasteiger partial charge in [-0.15, -0.1) is 0 Å². The molecule has 0 bridgehead atoms. The summed E-state index contributed by atoms with van der Waals surface area (Å²) in [5, 5.41) is 12.4. The number of benzene rings is 1. The van der Waals surface area contributed by atoms with E-state index in [0.717, 1.165) is 17.7 Å². The Balaban J connectivity index is 1.25. The number of carbonyl (C=O) groups is 2. The van der Waals surface area contributed by atoms with Crippen LogP contribution in [0.3, 0.4) is 0 Å². The van der Waals surface area contributed by atoms with Gasteiger partial charge in [-0.25, -0.2) is 23.2 Å². The fraction of sp³-hybridized carbons (Fsp3) is 0.421. The number of fused-ring (bicyclic) bond motifs is 1. The summed E-state index contributed by atoms with van der Waals surface area (Å²) in [7, 11) is 0. The van der Waals surface area contributed by atoms with Crippen LogP contribution in [0.15, 0.2) is 22.8 Å².